The number of hydrogen-bond donors (Lipinski definition) is 1. The topological polar surface area (TPSA) is 38.4 Å². The summed E-state index contributed by atoms with van der Waals surface area (Å²) in [6, 6.07) is 7.63. The molecular weight excluding hydrogens is 196 g/mol. The first-order valence-corrected chi connectivity index (χ1v) is 4.75. The van der Waals surface area contributed by atoms with Gasteiger partial charge in [-0.2, -0.15) is 0 Å². The molecular formula is C11H13ClN2. The second kappa shape index (κ2) is 5.45. The lowest BCUT2D eigenvalue weighted by atomic mass is 10.2. The van der Waals surface area contributed by atoms with Crippen LogP contribution in [0, 0.1) is 0 Å². The Bertz CT molecular complexity index is 335. The van der Waals surface area contributed by atoms with Crippen LogP contribution in [0.25, 0.3) is 6.08 Å². The van der Waals surface area contributed by atoms with Gasteiger partial charge in [-0.25, -0.2) is 0 Å². The molecule has 0 saturated heterocycles. The molecule has 0 amide bonds. The normalized spacial score (nSPS) is 12.3. The quantitative estimate of drug-likeness (QED) is 0.602. The molecule has 3 heteroatoms. The highest BCUT2D eigenvalue weighted by atomic mass is 35.5. The molecule has 0 bridgehead atoms. The van der Waals surface area contributed by atoms with Gasteiger partial charge in [0.15, 0.2) is 0 Å². The van der Waals surface area contributed by atoms with E-state index in [4.69, 9.17) is 17.3 Å². The van der Waals surface area contributed by atoms with E-state index >= 15 is 0 Å². The molecule has 1 rings (SSSR count). The molecule has 0 aliphatic rings. The molecule has 1 aromatic rings. The SMILES string of the molecule is CC(N)=NC/C=C/c1ccc(Cl)cc1. The molecule has 1 aromatic carbocycles. The van der Waals surface area contributed by atoms with Crippen molar-refractivity contribution >= 4 is 23.5 Å². The first kappa shape index (κ1) is 10.8. The average Bonchev–Trinajstić information content (AvgIpc) is 2.15. The fourth-order valence-electron chi connectivity index (χ4n) is 0.959. The summed E-state index contributed by atoms with van der Waals surface area (Å²) in [6.07, 6.45) is 3.95. The van der Waals surface area contributed by atoms with Crippen LogP contribution in [0.2, 0.25) is 5.02 Å². The summed E-state index contributed by atoms with van der Waals surface area (Å²) in [5, 5.41) is 0.748. The zero-order chi connectivity index (χ0) is 10.4. The van der Waals surface area contributed by atoms with E-state index in [0.29, 0.717) is 12.4 Å². The van der Waals surface area contributed by atoms with E-state index in [1.165, 1.54) is 0 Å². The monoisotopic (exact) mass is 208 g/mol. The van der Waals surface area contributed by atoms with Gasteiger partial charge in [0.25, 0.3) is 0 Å². The van der Waals surface area contributed by atoms with Crippen LogP contribution in [0.5, 0.6) is 0 Å². The molecule has 0 aliphatic carbocycles. The maximum atomic E-state index is 5.75. The van der Waals surface area contributed by atoms with Gasteiger partial charge in [0.2, 0.25) is 0 Å². The third-order valence-electron chi connectivity index (χ3n) is 1.63. The van der Waals surface area contributed by atoms with Gasteiger partial charge in [-0.3, -0.25) is 4.99 Å². The predicted molar refractivity (Wildman–Crippen MR) is 62.6 cm³/mol. The van der Waals surface area contributed by atoms with Crippen molar-refractivity contribution in [3.05, 3.63) is 40.9 Å². The highest BCUT2D eigenvalue weighted by Gasteiger charge is 1.86. The molecule has 0 fully saturated rings. The van der Waals surface area contributed by atoms with E-state index in [1.807, 2.05) is 36.4 Å². The zero-order valence-corrected chi connectivity index (χ0v) is 8.83. The van der Waals surface area contributed by atoms with E-state index in [-0.39, 0.29) is 0 Å². The second-order valence-electron chi connectivity index (χ2n) is 2.94. The van der Waals surface area contributed by atoms with Crippen LogP contribution in [-0.4, -0.2) is 12.4 Å². The summed E-state index contributed by atoms with van der Waals surface area (Å²) >= 11 is 5.75. The van der Waals surface area contributed by atoms with Gasteiger partial charge in [-0.15, -0.1) is 0 Å². The van der Waals surface area contributed by atoms with Crippen LogP contribution in [0.15, 0.2) is 35.3 Å². The van der Waals surface area contributed by atoms with Crippen molar-refractivity contribution in [1.82, 2.24) is 0 Å². The number of aliphatic imine (C=N–C) groups is 1. The maximum Gasteiger partial charge on any atom is 0.0909 e. The molecule has 0 aromatic heterocycles. The van der Waals surface area contributed by atoms with Crippen molar-refractivity contribution in [2.75, 3.05) is 6.54 Å². The van der Waals surface area contributed by atoms with Crippen molar-refractivity contribution in [3.63, 3.8) is 0 Å². The van der Waals surface area contributed by atoms with Crippen LogP contribution >= 0.6 is 11.6 Å². The Labute approximate surface area is 89.1 Å². The number of nitrogens with zero attached hydrogens (tertiary/aromatic N) is 1. The second-order valence-corrected chi connectivity index (χ2v) is 3.37. The Morgan fingerprint density at radius 3 is 2.64 bits per heavy atom. The molecule has 0 atom stereocenters. The smallest absolute Gasteiger partial charge is 0.0909 e. The van der Waals surface area contributed by atoms with E-state index in [0.717, 1.165) is 10.6 Å². The molecule has 0 spiro atoms. The van der Waals surface area contributed by atoms with Gasteiger partial charge in [0, 0.05) is 5.02 Å². The largest absolute Gasteiger partial charge is 0.388 e. The molecule has 0 unspecified atom stereocenters. The minimum atomic E-state index is 0.603. The fraction of sp³-hybridized carbons (Fsp3) is 0.182. The van der Waals surface area contributed by atoms with E-state index in [1.54, 1.807) is 6.92 Å². The van der Waals surface area contributed by atoms with Gasteiger partial charge in [-0.1, -0.05) is 35.9 Å². The number of benzene rings is 1. The first-order chi connectivity index (χ1) is 6.68. The highest BCUT2D eigenvalue weighted by Crippen LogP contribution is 2.10. The van der Waals surface area contributed by atoms with Crippen LogP contribution in [0.4, 0.5) is 0 Å². The number of hydrogen-bond acceptors (Lipinski definition) is 1. The van der Waals surface area contributed by atoms with Crippen molar-refractivity contribution in [1.29, 1.82) is 0 Å². The van der Waals surface area contributed by atoms with Crippen LogP contribution < -0.4 is 5.73 Å². The molecule has 0 saturated carbocycles. The molecule has 14 heavy (non-hydrogen) atoms. The Kier molecular flexibility index (Phi) is 4.20. The third-order valence-corrected chi connectivity index (χ3v) is 1.88. The number of nitrogens with two attached hydrogens (primary N) is 1. The third kappa shape index (κ3) is 4.10. The van der Waals surface area contributed by atoms with Crippen molar-refractivity contribution < 1.29 is 0 Å². The first-order valence-electron chi connectivity index (χ1n) is 4.37. The minimum absolute atomic E-state index is 0.603. The zero-order valence-electron chi connectivity index (χ0n) is 8.07. The van der Waals surface area contributed by atoms with Crippen LogP contribution in [0.1, 0.15) is 12.5 Å². The standard InChI is InChI=1S/C11H13ClN2/c1-9(13)14-8-2-3-10-4-6-11(12)7-5-10/h2-7H,8H2,1H3,(H2,13,14)/b3-2+. The lowest BCUT2D eigenvalue weighted by Gasteiger charge is -1.92. The fourth-order valence-corrected chi connectivity index (χ4v) is 1.09. The van der Waals surface area contributed by atoms with Crippen molar-refractivity contribution in [3.8, 4) is 0 Å². The van der Waals surface area contributed by atoms with E-state index < -0.39 is 0 Å². The molecule has 2 N–H and O–H groups in total. The molecule has 74 valence electrons. The van der Waals surface area contributed by atoms with Gasteiger partial charge < -0.3 is 5.73 Å². The van der Waals surface area contributed by atoms with Gasteiger partial charge >= 0.3 is 0 Å². The summed E-state index contributed by atoms with van der Waals surface area (Å²) in [6.45, 7) is 2.39. The Balaban J connectivity index is 2.52. The predicted octanol–water partition coefficient (Wildman–Crippen LogP) is 2.73. The molecule has 0 heterocycles. The lowest BCUT2D eigenvalue weighted by molar-refractivity contribution is 1.23. The highest BCUT2D eigenvalue weighted by molar-refractivity contribution is 6.30. The Morgan fingerprint density at radius 1 is 1.43 bits per heavy atom. The summed E-state index contributed by atoms with van der Waals surface area (Å²) in [5.41, 5.74) is 6.50. The Hall–Kier alpha value is -1.28. The number of amidine groups is 1. The van der Waals surface area contributed by atoms with Gasteiger partial charge in [-0.05, 0) is 24.6 Å². The summed E-state index contributed by atoms with van der Waals surface area (Å²) in [5.74, 6) is 0.603. The van der Waals surface area contributed by atoms with Gasteiger partial charge in [0.05, 0.1) is 12.4 Å². The summed E-state index contributed by atoms with van der Waals surface area (Å²) in [7, 11) is 0. The Morgan fingerprint density at radius 2 is 2.07 bits per heavy atom. The number of halogens is 1. The summed E-state index contributed by atoms with van der Waals surface area (Å²) < 4.78 is 0. The van der Waals surface area contributed by atoms with Crippen molar-refractivity contribution in [2.24, 2.45) is 10.7 Å². The van der Waals surface area contributed by atoms with Crippen LogP contribution in [0.3, 0.4) is 0 Å². The summed E-state index contributed by atoms with van der Waals surface area (Å²) in [4.78, 5) is 4.04. The molecule has 2 nitrogen and oxygen atoms in total. The van der Waals surface area contributed by atoms with Crippen LogP contribution in [-0.2, 0) is 0 Å². The number of rotatable bonds is 3. The van der Waals surface area contributed by atoms with E-state index in [2.05, 4.69) is 4.99 Å². The van der Waals surface area contributed by atoms with E-state index in [9.17, 15) is 0 Å². The molecule has 0 radical (unpaired) electrons. The van der Waals surface area contributed by atoms with Crippen molar-refractivity contribution in [2.45, 2.75) is 6.92 Å². The van der Waals surface area contributed by atoms with Gasteiger partial charge in [0.1, 0.15) is 0 Å². The minimum Gasteiger partial charge on any atom is -0.388 e. The average molecular weight is 209 g/mol. The maximum absolute atomic E-state index is 5.75. The molecule has 0 aliphatic heterocycles. The lowest BCUT2D eigenvalue weighted by Crippen LogP contribution is -2.05.